The predicted molar refractivity (Wildman–Crippen MR) is 127 cm³/mol. The Hall–Kier alpha value is -2.32. The fraction of sp³-hybridized carbons (Fsp3) is 0.542. The van der Waals surface area contributed by atoms with Gasteiger partial charge in [0.1, 0.15) is 0 Å². The summed E-state index contributed by atoms with van der Waals surface area (Å²) in [7, 11) is 0. The fourth-order valence-corrected chi connectivity index (χ4v) is 5.28. The number of carbonyl (C=O) groups is 1. The number of hydrogen-bond donors (Lipinski definition) is 1. The largest absolute Gasteiger partial charge is 0.376 e. The molecule has 0 bridgehead atoms. The van der Waals surface area contributed by atoms with E-state index >= 15 is 0 Å². The van der Waals surface area contributed by atoms with Crippen LogP contribution in [0.25, 0.3) is 22.3 Å². The van der Waals surface area contributed by atoms with Crippen LogP contribution in [0.1, 0.15) is 39.0 Å². The van der Waals surface area contributed by atoms with E-state index in [1.807, 2.05) is 23.2 Å². The monoisotopic (exact) mass is 453 g/mol. The second-order valence-corrected chi connectivity index (χ2v) is 9.81. The number of benzene rings is 1. The first-order valence-corrected chi connectivity index (χ1v) is 12.7. The molecule has 7 nitrogen and oxygen atoms in total. The summed E-state index contributed by atoms with van der Waals surface area (Å²) in [4.78, 5) is 18.3. The zero-order valence-corrected chi connectivity index (χ0v) is 19.4. The number of rotatable bonds is 10. The molecular weight excluding hydrogens is 422 g/mol. The summed E-state index contributed by atoms with van der Waals surface area (Å²) in [6.07, 6.45) is 7.79. The van der Waals surface area contributed by atoms with E-state index in [9.17, 15) is 4.79 Å². The van der Waals surface area contributed by atoms with Gasteiger partial charge in [-0.1, -0.05) is 36.9 Å². The molecule has 2 aromatic heterocycles. The van der Waals surface area contributed by atoms with Crippen molar-refractivity contribution in [2.24, 2.45) is 5.92 Å². The molecule has 1 saturated carbocycles. The van der Waals surface area contributed by atoms with Crippen molar-refractivity contribution < 1.29 is 9.53 Å². The molecule has 1 aliphatic carbocycles. The minimum Gasteiger partial charge on any atom is -0.376 e. The van der Waals surface area contributed by atoms with Crippen molar-refractivity contribution in [3.63, 3.8) is 0 Å². The van der Waals surface area contributed by atoms with Crippen molar-refractivity contribution in [1.82, 2.24) is 24.6 Å². The maximum Gasteiger partial charge on any atom is 0.233 e. The molecule has 0 spiro atoms. The Bertz CT molecular complexity index is 1070. The minimum absolute atomic E-state index is 0.163. The molecule has 3 heterocycles. The third kappa shape index (κ3) is 4.71. The molecule has 0 radical (unpaired) electrons. The van der Waals surface area contributed by atoms with Gasteiger partial charge in [0.2, 0.25) is 5.91 Å². The highest BCUT2D eigenvalue weighted by molar-refractivity contribution is 7.99. The lowest BCUT2D eigenvalue weighted by molar-refractivity contribution is -0.128. The molecule has 170 valence electrons. The number of thioether (sulfide) groups is 1. The van der Waals surface area contributed by atoms with Crippen LogP contribution in [0.5, 0.6) is 0 Å². The van der Waals surface area contributed by atoms with Gasteiger partial charge in [-0.15, -0.1) is 10.2 Å². The maximum atomic E-state index is 13.0. The van der Waals surface area contributed by atoms with Crippen molar-refractivity contribution in [1.29, 1.82) is 0 Å². The third-order valence-electron chi connectivity index (χ3n) is 6.30. The van der Waals surface area contributed by atoms with Crippen LogP contribution >= 0.6 is 11.8 Å². The summed E-state index contributed by atoms with van der Waals surface area (Å²) in [5, 5.41) is 11.0. The number of aromatic amines is 1. The van der Waals surface area contributed by atoms with E-state index in [4.69, 9.17) is 4.74 Å². The summed E-state index contributed by atoms with van der Waals surface area (Å²) >= 11 is 1.50. The lowest BCUT2D eigenvalue weighted by atomic mass is 10.1. The first kappa shape index (κ1) is 21.5. The second-order valence-electron chi connectivity index (χ2n) is 8.87. The molecule has 1 N–H and O–H groups in total. The second kappa shape index (κ2) is 9.67. The number of H-pyrrole nitrogens is 1. The quantitative estimate of drug-likeness (QED) is 0.462. The van der Waals surface area contributed by atoms with Crippen molar-refractivity contribution in [2.75, 3.05) is 25.4 Å². The van der Waals surface area contributed by atoms with E-state index < -0.39 is 0 Å². The average Bonchev–Trinajstić information content (AvgIpc) is 3.18. The van der Waals surface area contributed by atoms with Crippen LogP contribution in [-0.4, -0.2) is 62.1 Å². The molecule has 2 fully saturated rings. The highest BCUT2D eigenvalue weighted by atomic mass is 32.2. The summed E-state index contributed by atoms with van der Waals surface area (Å²) < 4.78 is 8.07. The minimum atomic E-state index is 0.163. The zero-order valence-electron chi connectivity index (χ0n) is 18.6. The molecule has 1 atom stereocenters. The number of aromatic nitrogens is 4. The first-order valence-electron chi connectivity index (χ1n) is 11.7. The summed E-state index contributed by atoms with van der Waals surface area (Å²) in [5.74, 6) is 2.12. The fourth-order valence-electron chi connectivity index (χ4n) is 4.43. The number of fused-ring (bicyclic) bond motifs is 1. The van der Waals surface area contributed by atoms with Crippen LogP contribution in [0.4, 0.5) is 0 Å². The summed E-state index contributed by atoms with van der Waals surface area (Å²) in [5.41, 5.74) is 2.11. The van der Waals surface area contributed by atoms with E-state index in [0.29, 0.717) is 18.2 Å². The molecule has 3 aromatic rings. The van der Waals surface area contributed by atoms with Gasteiger partial charge in [0.15, 0.2) is 11.0 Å². The highest BCUT2D eigenvalue weighted by Gasteiger charge is 2.27. The van der Waals surface area contributed by atoms with Gasteiger partial charge in [0.25, 0.3) is 0 Å². The maximum absolute atomic E-state index is 13.0. The third-order valence-corrected chi connectivity index (χ3v) is 7.26. The van der Waals surface area contributed by atoms with Gasteiger partial charge < -0.3 is 14.6 Å². The predicted octanol–water partition coefficient (Wildman–Crippen LogP) is 4.35. The lowest BCUT2D eigenvalue weighted by Crippen LogP contribution is -2.35. The number of ether oxygens (including phenoxy) is 1. The first-order chi connectivity index (χ1) is 15.7. The Balaban J connectivity index is 1.38. The highest BCUT2D eigenvalue weighted by Crippen LogP contribution is 2.32. The van der Waals surface area contributed by atoms with Gasteiger partial charge in [-0.3, -0.25) is 9.36 Å². The van der Waals surface area contributed by atoms with Crippen molar-refractivity contribution in [3.8, 4) is 11.4 Å². The lowest BCUT2D eigenvalue weighted by Gasteiger charge is -2.22. The Morgan fingerprint density at radius 1 is 1.28 bits per heavy atom. The SMILES string of the molecule is CCCN(CC1CC1)C(=O)CSc1nnc(-c2c[nH]c3ccccc23)n1CC1CCCO1. The normalized spacial score (nSPS) is 18.5. The number of para-hydroxylation sites is 1. The summed E-state index contributed by atoms with van der Waals surface area (Å²) in [6.45, 7) is 5.38. The number of carbonyl (C=O) groups excluding carboxylic acids is 1. The number of nitrogens with zero attached hydrogens (tertiary/aromatic N) is 4. The molecule has 8 heteroatoms. The van der Waals surface area contributed by atoms with E-state index in [-0.39, 0.29) is 12.0 Å². The molecule has 1 aliphatic heterocycles. The number of hydrogen-bond acceptors (Lipinski definition) is 5. The van der Waals surface area contributed by atoms with Crippen LogP contribution in [-0.2, 0) is 16.1 Å². The van der Waals surface area contributed by atoms with Gasteiger partial charge in [0, 0.05) is 42.4 Å². The molecule has 1 aromatic carbocycles. The van der Waals surface area contributed by atoms with Crippen molar-refractivity contribution in [2.45, 2.75) is 56.8 Å². The van der Waals surface area contributed by atoms with Gasteiger partial charge in [0.05, 0.1) is 18.4 Å². The van der Waals surface area contributed by atoms with Gasteiger partial charge in [-0.2, -0.15) is 0 Å². The van der Waals surface area contributed by atoms with Crippen LogP contribution in [0.2, 0.25) is 0 Å². The van der Waals surface area contributed by atoms with Crippen molar-refractivity contribution >= 4 is 28.6 Å². The number of nitrogens with one attached hydrogen (secondary N) is 1. The van der Waals surface area contributed by atoms with Gasteiger partial charge >= 0.3 is 0 Å². The zero-order chi connectivity index (χ0) is 21.9. The molecule has 5 rings (SSSR count). The molecule has 32 heavy (non-hydrogen) atoms. The van der Waals surface area contributed by atoms with Crippen LogP contribution in [0.15, 0.2) is 35.6 Å². The Kier molecular flexibility index (Phi) is 6.50. The smallest absolute Gasteiger partial charge is 0.233 e. The average molecular weight is 454 g/mol. The Morgan fingerprint density at radius 3 is 2.94 bits per heavy atom. The van der Waals surface area contributed by atoms with Gasteiger partial charge in [-0.05, 0) is 44.1 Å². The topological polar surface area (TPSA) is 76.0 Å². The van der Waals surface area contributed by atoms with E-state index in [1.54, 1.807) is 0 Å². The van der Waals surface area contributed by atoms with Crippen LogP contribution in [0.3, 0.4) is 0 Å². The standard InChI is InChI=1S/C24H31N5O2S/c1-2-11-28(14-17-9-10-17)22(30)16-32-24-27-26-23(29(24)15-18-6-5-12-31-18)20-13-25-21-8-4-3-7-19(20)21/h3-4,7-8,13,17-18,25H,2,5-6,9-12,14-16H2,1H3. The molecular formula is C24H31N5O2S. The van der Waals surface area contributed by atoms with Gasteiger partial charge in [-0.25, -0.2) is 0 Å². The molecule has 1 saturated heterocycles. The summed E-state index contributed by atoms with van der Waals surface area (Å²) in [6, 6.07) is 8.23. The van der Waals surface area contributed by atoms with E-state index in [1.165, 1.54) is 24.6 Å². The van der Waals surface area contributed by atoms with Crippen LogP contribution < -0.4 is 0 Å². The van der Waals surface area contributed by atoms with Crippen molar-refractivity contribution in [3.05, 3.63) is 30.5 Å². The Morgan fingerprint density at radius 2 is 2.16 bits per heavy atom. The molecule has 1 amide bonds. The van der Waals surface area contributed by atoms with E-state index in [2.05, 4.69) is 38.8 Å². The molecule has 2 aliphatic rings. The number of amides is 1. The molecule has 1 unspecified atom stereocenters. The van der Waals surface area contributed by atoms with E-state index in [0.717, 1.165) is 66.4 Å². The van der Waals surface area contributed by atoms with Crippen LogP contribution in [0, 0.1) is 5.92 Å². The Labute approximate surface area is 192 Å².